The minimum atomic E-state index is -1.11. The van der Waals surface area contributed by atoms with Gasteiger partial charge < -0.3 is 9.47 Å². The van der Waals surface area contributed by atoms with Crippen molar-refractivity contribution in [3.63, 3.8) is 0 Å². The zero-order valence-electron chi connectivity index (χ0n) is 13.6. The largest absolute Gasteiger partial charge is 0.543 e. The summed E-state index contributed by atoms with van der Waals surface area (Å²) in [5.41, 5.74) is 2.06. The van der Waals surface area contributed by atoms with Crippen molar-refractivity contribution < 1.29 is 33.9 Å². The molecule has 0 fully saturated rings. The molecule has 7 nitrogen and oxygen atoms in total. The first-order valence-corrected chi connectivity index (χ1v) is 7.42. The lowest BCUT2D eigenvalue weighted by Gasteiger charge is -2.06. The van der Waals surface area contributed by atoms with Gasteiger partial charge in [0.05, 0.1) is 17.2 Å². The maximum atomic E-state index is 11.7. The van der Waals surface area contributed by atoms with Crippen LogP contribution in [0.25, 0.3) is 0 Å². The Morgan fingerprint density at radius 1 is 1.04 bits per heavy atom. The van der Waals surface area contributed by atoms with Crippen LogP contribution in [0.5, 0.6) is 0 Å². The molecule has 0 saturated heterocycles. The number of benzene rings is 1. The zero-order valence-corrected chi connectivity index (χ0v) is 13.6. The van der Waals surface area contributed by atoms with Crippen LogP contribution in [-0.2, 0) is 24.3 Å². The Morgan fingerprint density at radius 2 is 1.83 bits per heavy atom. The molecule has 0 saturated carbocycles. The molecule has 0 heterocycles. The van der Waals surface area contributed by atoms with Crippen LogP contribution >= 0.6 is 0 Å². The van der Waals surface area contributed by atoms with E-state index >= 15 is 0 Å². The van der Waals surface area contributed by atoms with E-state index in [9.17, 15) is 9.59 Å². The number of carbonyl (C=O) groups excluding carboxylic acids is 2. The van der Waals surface area contributed by atoms with E-state index in [1.54, 1.807) is 19.1 Å². The summed E-state index contributed by atoms with van der Waals surface area (Å²) in [5.74, 6) is -0.766. The fourth-order valence-electron chi connectivity index (χ4n) is 1.72. The molecule has 0 aliphatic heterocycles. The summed E-state index contributed by atoms with van der Waals surface area (Å²) in [4.78, 5) is 31.4. The summed E-state index contributed by atoms with van der Waals surface area (Å²) in [6.45, 7) is 6.61. The second kappa shape index (κ2) is 10.6. The SMILES string of the molecule is CCCCOCCOC(=O)OOOC(=O)c1ccc(C)cc1C. The number of ether oxygens (including phenoxy) is 2. The molecular weight excluding hydrogens is 304 g/mol. The van der Waals surface area contributed by atoms with E-state index in [1.807, 2.05) is 19.9 Å². The zero-order chi connectivity index (χ0) is 17.1. The van der Waals surface area contributed by atoms with Gasteiger partial charge in [-0.05, 0) is 31.9 Å². The molecule has 0 N–H and O–H groups in total. The molecule has 1 aromatic carbocycles. The maximum Gasteiger partial charge on any atom is 0.543 e. The van der Waals surface area contributed by atoms with Crippen LogP contribution < -0.4 is 0 Å². The summed E-state index contributed by atoms with van der Waals surface area (Å²) < 4.78 is 9.84. The summed E-state index contributed by atoms with van der Waals surface area (Å²) in [6.07, 6.45) is 0.863. The molecule has 0 aliphatic rings. The second-order valence-electron chi connectivity index (χ2n) is 4.90. The predicted octanol–water partition coefficient (Wildman–Crippen LogP) is 3.28. The number of hydrogen-bond acceptors (Lipinski definition) is 7. The molecule has 7 heteroatoms. The minimum absolute atomic E-state index is 0.0247. The third kappa shape index (κ3) is 7.62. The van der Waals surface area contributed by atoms with Crippen molar-refractivity contribution in [2.75, 3.05) is 19.8 Å². The van der Waals surface area contributed by atoms with Gasteiger partial charge in [-0.15, -0.1) is 0 Å². The topological polar surface area (TPSA) is 80.3 Å². The van der Waals surface area contributed by atoms with Gasteiger partial charge in [0.2, 0.25) is 0 Å². The molecule has 0 aliphatic carbocycles. The Kier molecular flexibility index (Phi) is 8.71. The van der Waals surface area contributed by atoms with Crippen molar-refractivity contribution in [1.29, 1.82) is 0 Å². The van der Waals surface area contributed by atoms with Crippen LogP contribution in [0, 0.1) is 13.8 Å². The molecule has 1 rings (SSSR count). The van der Waals surface area contributed by atoms with E-state index in [1.165, 1.54) is 0 Å². The van der Waals surface area contributed by atoms with Gasteiger partial charge in [0.15, 0.2) is 0 Å². The molecule has 0 spiro atoms. The van der Waals surface area contributed by atoms with E-state index in [4.69, 9.17) is 4.74 Å². The number of hydrogen-bond donors (Lipinski definition) is 0. The van der Waals surface area contributed by atoms with E-state index in [0.29, 0.717) is 12.2 Å². The van der Waals surface area contributed by atoms with Gasteiger partial charge in [0.25, 0.3) is 0 Å². The Morgan fingerprint density at radius 3 is 2.52 bits per heavy atom. The van der Waals surface area contributed by atoms with Crippen LogP contribution in [0.3, 0.4) is 0 Å². The van der Waals surface area contributed by atoms with Gasteiger partial charge in [-0.25, -0.2) is 14.5 Å². The fourth-order valence-corrected chi connectivity index (χ4v) is 1.72. The van der Waals surface area contributed by atoms with Crippen molar-refractivity contribution in [1.82, 2.24) is 0 Å². The third-order valence-electron chi connectivity index (χ3n) is 2.90. The van der Waals surface area contributed by atoms with Gasteiger partial charge in [-0.2, -0.15) is 0 Å². The van der Waals surface area contributed by atoms with Gasteiger partial charge in [0, 0.05) is 6.61 Å². The van der Waals surface area contributed by atoms with Gasteiger partial charge in [-0.1, -0.05) is 31.0 Å². The normalized spacial score (nSPS) is 10.2. The van der Waals surface area contributed by atoms with Crippen LogP contribution in [0.4, 0.5) is 4.79 Å². The quantitative estimate of drug-likeness (QED) is 0.298. The standard InChI is InChI=1S/C16H22O7/c1-4-5-8-19-9-10-20-16(18)22-23-21-15(17)14-7-6-12(2)11-13(14)3/h6-7,11H,4-5,8-10H2,1-3H3. The van der Waals surface area contributed by atoms with Crippen LogP contribution in [0.1, 0.15) is 41.3 Å². The highest BCUT2D eigenvalue weighted by Crippen LogP contribution is 2.12. The van der Waals surface area contributed by atoms with Crippen molar-refractivity contribution in [3.05, 3.63) is 34.9 Å². The lowest BCUT2D eigenvalue weighted by atomic mass is 10.1. The Bertz CT molecular complexity index is 513. The van der Waals surface area contributed by atoms with Crippen LogP contribution in [-0.4, -0.2) is 31.9 Å². The van der Waals surface area contributed by atoms with Gasteiger partial charge >= 0.3 is 12.1 Å². The molecular formula is C16H22O7. The number of carbonyl (C=O) groups is 2. The Labute approximate surface area is 135 Å². The fraction of sp³-hybridized carbons (Fsp3) is 0.500. The predicted molar refractivity (Wildman–Crippen MR) is 80.6 cm³/mol. The first kappa shape index (κ1) is 18.9. The second-order valence-corrected chi connectivity index (χ2v) is 4.90. The minimum Gasteiger partial charge on any atom is -0.430 e. The average molecular weight is 326 g/mol. The molecule has 0 unspecified atom stereocenters. The number of rotatable bonds is 9. The lowest BCUT2D eigenvalue weighted by Crippen LogP contribution is -2.15. The average Bonchev–Trinajstić information content (AvgIpc) is 2.50. The van der Waals surface area contributed by atoms with Crippen molar-refractivity contribution in [2.45, 2.75) is 33.6 Å². The first-order chi connectivity index (χ1) is 11.0. The molecule has 128 valence electrons. The lowest BCUT2D eigenvalue weighted by molar-refractivity contribution is -0.452. The molecule has 0 radical (unpaired) electrons. The van der Waals surface area contributed by atoms with Crippen molar-refractivity contribution >= 4 is 12.1 Å². The Hall–Kier alpha value is -2.12. The molecule has 23 heavy (non-hydrogen) atoms. The molecule has 0 aromatic heterocycles. The smallest absolute Gasteiger partial charge is 0.430 e. The third-order valence-corrected chi connectivity index (χ3v) is 2.90. The first-order valence-electron chi connectivity index (χ1n) is 7.42. The molecule has 0 amide bonds. The summed E-state index contributed by atoms with van der Waals surface area (Å²) in [6, 6.07) is 5.18. The monoisotopic (exact) mass is 326 g/mol. The van der Waals surface area contributed by atoms with Gasteiger partial charge in [-0.3, -0.25) is 4.89 Å². The summed E-state index contributed by atoms with van der Waals surface area (Å²) in [7, 11) is 0. The van der Waals surface area contributed by atoms with E-state index in [2.05, 4.69) is 19.6 Å². The summed E-state index contributed by atoms with van der Waals surface area (Å²) in [5, 5.41) is 4.13. The van der Waals surface area contributed by atoms with Crippen LogP contribution in [0.15, 0.2) is 18.2 Å². The number of unbranched alkanes of at least 4 members (excludes halogenated alkanes) is 1. The molecule has 1 aromatic rings. The van der Waals surface area contributed by atoms with Crippen molar-refractivity contribution in [3.8, 4) is 0 Å². The highest BCUT2D eigenvalue weighted by atomic mass is 17.5. The van der Waals surface area contributed by atoms with Crippen molar-refractivity contribution in [2.24, 2.45) is 0 Å². The highest BCUT2D eigenvalue weighted by Gasteiger charge is 2.14. The maximum absolute atomic E-state index is 11.7. The van der Waals surface area contributed by atoms with E-state index in [0.717, 1.165) is 24.0 Å². The van der Waals surface area contributed by atoms with E-state index < -0.39 is 12.1 Å². The number of aryl methyl sites for hydroxylation is 2. The van der Waals surface area contributed by atoms with E-state index in [-0.39, 0.29) is 13.2 Å². The van der Waals surface area contributed by atoms with Gasteiger partial charge in [0.1, 0.15) is 6.61 Å². The summed E-state index contributed by atoms with van der Waals surface area (Å²) >= 11 is 0. The van der Waals surface area contributed by atoms with Crippen LogP contribution in [0.2, 0.25) is 0 Å². The highest BCUT2D eigenvalue weighted by molar-refractivity contribution is 5.90. The Balaban J connectivity index is 2.18. The molecule has 0 atom stereocenters. The molecule has 0 bridgehead atoms.